The summed E-state index contributed by atoms with van der Waals surface area (Å²) >= 11 is 5.13. The summed E-state index contributed by atoms with van der Waals surface area (Å²) in [5.41, 5.74) is 5.90. The van der Waals surface area contributed by atoms with Gasteiger partial charge in [0, 0.05) is 11.8 Å². The van der Waals surface area contributed by atoms with Gasteiger partial charge in [-0.05, 0) is 48.6 Å². The van der Waals surface area contributed by atoms with Gasteiger partial charge in [0.25, 0.3) is 0 Å². The summed E-state index contributed by atoms with van der Waals surface area (Å²) < 4.78 is 15.7. The monoisotopic (exact) mass is 375 g/mol. The van der Waals surface area contributed by atoms with E-state index in [1.54, 1.807) is 44.6 Å². The molecule has 0 unspecified atom stereocenters. The van der Waals surface area contributed by atoms with Crippen molar-refractivity contribution in [2.75, 3.05) is 26.1 Å². The lowest BCUT2D eigenvalue weighted by molar-refractivity contribution is -0.122. The first kappa shape index (κ1) is 19.3. The summed E-state index contributed by atoms with van der Waals surface area (Å²) in [5.74, 6) is 1.88. The average Bonchev–Trinajstić information content (AvgIpc) is 2.67. The highest BCUT2D eigenvalue weighted by molar-refractivity contribution is 7.80. The maximum atomic E-state index is 11.8. The van der Waals surface area contributed by atoms with Crippen LogP contribution in [0.2, 0.25) is 0 Å². The van der Waals surface area contributed by atoms with Crippen LogP contribution >= 0.6 is 12.2 Å². The first-order valence-electron chi connectivity index (χ1n) is 7.87. The SMILES string of the molecule is COc1ccc(OCCC(=O)NNC(=S)Nc2cccc(OC)c2)cc1. The van der Waals surface area contributed by atoms with Crippen LogP contribution in [0.3, 0.4) is 0 Å². The Balaban J connectivity index is 1.66. The Morgan fingerprint density at radius 2 is 1.65 bits per heavy atom. The number of carbonyl (C=O) groups excluding carboxylic acids is 1. The average molecular weight is 375 g/mol. The Hall–Kier alpha value is -3.00. The molecule has 0 aliphatic rings. The largest absolute Gasteiger partial charge is 0.497 e. The number of benzene rings is 2. The second kappa shape index (κ2) is 10.1. The first-order valence-corrected chi connectivity index (χ1v) is 8.28. The Morgan fingerprint density at radius 3 is 2.35 bits per heavy atom. The van der Waals surface area contributed by atoms with Crippen LogP contribution in [-0.2, 0) is 4.79 Å². The molecule has 3 N–H and O–H groups in total. The summed E-state index contributed by atoms with van der Waals surface area (Å²) in [6, 6.07) is 14.4. The minimum Gasteiger partial charge on any atom is -0.497 e. The fourth-order valence-electron chi connectivity index (χ4n) is 1.99. The van der Waals surface area contributed by atoms with Crippen molar-refractivity contribution >= 4 is 28.9 Å². The fourth-order valence-corrected chi connectivity index (χ4v) is 2.15. The second-order valence-corrected chi connectivity index (χ2v) is 5.54. The van der Waals surface area contributed by atoms with Crippen molar-refractivity contribution in [1.82, 2.24) is 10.9 Å². The number of nitrogens with one attached hydrogen (secondary N) is 3. The molecule has 0 atom stereocenters. The molecule has 0 saturated carbocycles. The molecule has 0 aromatic heterocycles. The first-order chi connectivity index (χ1) is 12.6. The van der Waals surface area contributed by atoms with Crippen LogP contribution in [0, 0.1) is 0 Å². The van der Waals surface area contributed by atoms with Gasteiger partial charge in [0.15, 0.2) is 5.11 Å². The number of hydrazine groups is 1. The number of hydrogen-bond acceptors (Lipinski definition) is 5. The lowest BCUT2D eigenvalue weighted by Crippen LogP contribution is -2.44. The van der Waals surface area contributed by atoms with Crippen LogP contribution in [0.5, 0.6) is 17.2 Å². The third-order valence-electron chi connectivity index (χ3n) is 3.30. The summed E-state index contributed by atoms with van der Waals surface area (Å²) in [6.07, 6.45) is 0.181. The number of hydrogen-bond donors (Lipinski definition) is 3. The van der Waals surface area contributed by atoms with Crippen molar-refractivity contribution in [2.45, 2.75) is 6.42 Å². The molecular formula is C18H21N3O4S. The molecule has 0 radical (unpaired) electrons. The molecule has 2 aromatic rings. The summed E-state index contributed by atoms with van der Waals surface area (Å²) in [4.78, 5) is 11.8. The maximum Gasteiger partial charge on any atom is 0.241 e. The minimum absolute atomic E-state index is 0.181. The van der Waals surface area contributed by atoms with Gasteiger partial charge in [-0.15, -0.1) is 0 Å². The summed E-state index contributed by atoms with van der Waals surface area (Å²) in [6.45, 7) is 0.246. The van der Waals surface area contributed by atoms with E-state index in [4.69, 9.17) is 26.4 Å². The third-order valence-corrected chi connectivity index (χ3v) is 3.50. The molecule has 2 aromatic carbocycles. The van der Waals surface area contributed by atoms with Crippen molar-refractivity contribution in [3.05, 3.63) is 48.5 Å². The zero-order chi connectivity index (χ0) is 18.8. The number of methoxy groups -OCH3 is 2. The van der Waals surface area contributed by atoms with E-state index in [2.05, 4.69) is 16.2 Å². The molecule has 2 rings (SSSR count). The molecular weight excluding hydrogens is 354 g/mol. The molecule has 0 bridgehead atoms. The van der Waals surface area contributed by atoms with E-state index in [0.717, 1.165) is 11.4 Å². The number of thiocarbonyl (C=S) groups is 1. The standard InChI is InChI=1S/C18H21N3O4S/c1-23-14-6-8-15(9-7-14)25-11-10-17(22)20-21-18(26)19-13-4-3-5-16(12-13)24-2/h3-9,12H,10-11H2,1-2H3,(H,20,22)(H2,19,21,26). The van der Waals surface area contributed by atoms with Crippen molar-refractivity contribution < 1.29 is 19.0 Å². The molecule has 0 saturated heterocycles. The molecule has 26 heavy (non-hydrogen) atoms. The van der Waals surface area contributed by atoms with Gasteiger partial charge in [-0.2, -0.15) is 0 Å². The molecule has 1 amide bonds. The number of anilines is 1. The molecule has 138 valence electrons. The normalized spacial score (nSPS) is 9.77. The van der Waals surface area contributed by atoms with Crippen LogP contribution in [0.25, 0.3) is 0 Å². The van der Waals surface area contributed by atoms with Crippen molar-refractivity contribution in [3.8, 4) is 17.2 Å². The molecule has 7 nitrogen and oxygen atoms in total. The van der Waals surface area contributed by atoms with Gasteiger partial charge in [-0.25, -0.2) is 0 Å². The predicted octanol–water partition coefficient (Wildman–Crippen LogP) is 2.49. The second-order valence-electron chi connectivity index (χ2n) is 5.13. The van der Waals surface area contributed by atoms with Crippen LogP contribution in [0.4, 0.5) is 5.69 Å². The Bertz CT molecular complexity index is 737. The lowest BCUT2D eigenvalue weighted by Gasteiger charge is -2.12. The zero-order valence-electron chi connectivity index (χ0n) is 14.6. The van der Waals surface area contributed by atoms with Gasteiger partial charge in [0.2, 0.25) is 5.91 Å². The summed E-state index contributed by atoms with van der Waals surface area (Å²) in [5, 5.41) is 3.21. The van der Waals surface area contributed by atoms with E-state index >= 15 is 0 Å². The molecule has 0 aliphatic heterocycles. The molecule has 0 heterocycles. The number of ether oxygens (including phenoxy) is 3. The number of carbonyl (C=O) groups is 1. The van der Waals surface area contributed by atoms with Crippen molar-refractivity contribution in [1.29, 1.82) is 0 Å². The van der Waals surface area contributed by atoms with Gasteiger partial charge in [0.05, 0.1) is 27.2 Å². The molecule has 0 aliphatic carbocycles. The van der Waals surface area contributed by atoms with E-state index in [1.165, 1.54) is 0 Å². The topological polar surface area (TPSA) is 80.9 Å². The Morgan fingerprint density at radius 1 is 0.962 bits per heavy atom. The van der Waals surface area contributed by atoms with Gasteiger partial charge in [-0.3, -0.25) is 15.6 Å². The van der Waals surface area contributed by atoms with E-state index in [0.29, 0.717) is 11.5 Å². The quantitative estimate of drug-likeness (QED) is 0.507. The van der Waals surface area contributed by atoms with E-state index in [-0.39, 0.29) is 24.0 Å². The van der Waals surface area contributed by atoms with Gasteiger partial charge < -0.3 is 19.5 Å². The van der Waals surface area contributed by atoms with Crippen LogP contribution < -0.4 is 30.4 Å². The van der Waals surface area contributed by atoms with E-state index in [1.807, 2.05) is 18.2 Å². The van der Waals surface area contributed by atoms with Crippen molar-refractivity contribution in [2.24, 2.45) is 0 Å². The highest BCUT2D eigenvalue weighted by Gasteiger charge is 2.04. The van der Waals surface area contributed by atoms with Crippen LogP contribution in [0.15, 0.2) is 48.5 Å². The Kier molecular flexibility index (Phi) is 7.50. The van der Waals surface area contributed by atoms with Crippen LogP contribution in [0.1, 0.15) is 6.42 Å². The van der Waals surface area contributed by atoms with Crippen molar-refractivity contribution in [3.63, 3.8) is 0 Å². The number of rotatable bonds is 7. The molecule has 8 heteroatoms. The molecule has 0 fully saturated rings. The third kappa shape index (κ3) is 6.48. The number of amides is 1. The highest BCUT2D eigenvalue weighted by atomic mass is 32.1. The van der Waals surface area contributed by atoms with Crippen LogP contribution in [-0.4, -0.2) is 31.8 Å². The maximum absolute atomic E-state index is 11.8. The fraction of sp³-hybridized carbons (Fsp3) is 0.222. The van der Waals surface area contributed by atoms with E-state index < -0.39 is 0 Å². The lowest BCUT2D eigenvalue weighted by atomic mass is 10.3. The summed E-state index contributed by atoms with van der Waals surface area (Å²) in [7, 11) is 3.19. The minimum atomic E-state index is -0.242. The highest BCUT2D eigenvalue weighted by Crippen LogP contribution is 2.17. The smallest absolute Gasteiger partial charge is 0.241 e. The molecule has 0 spiro atoms. The Labute approximate surface area is 157 Å². The predicted molar refractivity (Wildman–Crippen MR) is 104 cm³/mol. The van der Waals surface area contributed by atoms with Gasteiger partial charge in [0.1, 0.15) is 17.2 Å². The zero-order valence-corrected chi connectivity index (χ0v) is 15.4. The van der Waals surface area contributed by atoms with Gasteiger partial charge in [-0.1, -0.05) is 6.07 Å². The van der Waals surface area contributed by atoms with E-state index in [9.17, 15) is 4.79 Å². The van der Waals surface area contributed by atoms with Gasteiger partial charge >= 0.3 is 0 Å².